The predicted octanol–water partition coefficient (Wildman–Crippen LogP) is 5.02. The Morgan fingerprint density at radius 2 is 2.09 bits per heavy atom. The average molecular weight is 346 g/mol. The molecule has 0 spiro atoms. The summed E-state index contributed by atoms with van der Waals surface area (Å²) >= 11 is 0.645. The van der Waals surface area contributed by atoms with E-state index < -0.39 is 16.3 Å². The van der Waals surface area contributed by atoms with E-state index in [9.17, 15) is 18.0 Å². The molecule has 1 rings (SSSR count). The summed E-state index contributed by atoms with van der Waals surface area (Å²) in [5, 5.41) is -0.466. The number of nitrogens with zero attached hydrogens (tertiary/aromatic N) is 2. The van der Waals surface area contributed by atoms with Gasteiger partial charge in [0.15, 0.2) is 0 Å². The van der Waals surface area contributed by atoms with E-state index in [2.05, 4.69) is 11.6 Å². The zero-order chi connectivity index (χ0) is 17.8. The molecule has 128 valence electrons. The number of aryl methyl sites for hydroxylation is 1. The summed E-state index contributed by atoms with van der Waals surface area (Å²) < 4.78 is 37.8. The van der Waals surface area contributed by atoms with Crippen molar-refractivity contribution in [3.05, 3.63) is 35.0 Å². The molecule has 0 fully saturated rings. The van der Waals surface area contributed by atoms with Crippen molar-refractivity contribution >= 4 is 23.4 Å². The lowest BCUT2D eigenvalue weighted by molar-refractivity contribution is -0.116. The first-order valence-electron chi connectivity index (χ1n) is 7.25. The van der Waals surface area contributed by atoms with Crippen LogP contribution in [0.3, 0.4) is 0 Å². The molecule has 1 heterocycles. The number of anilines is 1. The van der Waals surface area contributed by atoms with Gasteiger partial charge in [0, 0.05) is 24.9 Å². The summed E-state index contributed by atoms with van der Waals surface area (Å²) in [5.74, 6) is -0.117. The number of rotatable bonds is 6. The number of alkyl halides is 3. The highest BCUT2D eigenvalue weighted by atomic mass is 32.2. The maximum atomic E-state index is 12.6. The van der Waals surface area contributed by atoms with Gasteiger partial charge in [-0.25, -0.2) is 0 Å². The van der Waals surface area contributed by atoms with Gasteiger partial charge >= 0.3 is 6.18 Å². The molecular weight excluding hydrogens is 325 g/mol. The Morgan fingerprint density at radius 3 is 2.57 bits per heavy atom. The molecule has 1 aromatic heterocycles. The number of amides is 1. The van der Waals surface area contributed by atoms with Gasteiger partial charge in [-0.2, -0.15) is 13.2 Å². The van der Waals surface area contributed by atoms with E-state index in [0.717, 1.165) is 6.42 Å². The van der Waals surface area contributed by atoms with Gasteiger partial charge in [0.05, 0.1) is 16.3 Å². The van der Waals surface area contributed by atoms with Gasteiger partial charge in [0.25, 0.3) is 0 Å². The van der Waals surface area contributed by atoms with Crippen LogP contribution in [0.5, 0.6) is 0 Å². The third-order valence-electron chi connectivity index (χ3n) is 3.30. The third-order valence-corrected chi connectivity index (χ3v) is 4.45. The highest BCUT2D eigenvalue weighted by Gasteiger charge is 2.33. The summed E-state index contributed by atoms with van der Waals surface area (Å²) in [5.41, 5.74) is 1.94. The average Bonchev–Trinajstić information content (AvgIpc) is 2.44. The maximum absolute atomic E-state index is 12.6. The van der Waals surface area contributed by atoms with Crippen molar-refractivity contribution in [3.8, 4) is 0 Å². The van der Waals surface area contributed by atoms with Gasteiger partial charge in [-0.15, -0.1) is 11.8 Å². The monoisotopic (exact) mass is 346 g/mol. The molecule has 1 unspecified atom stereocenters. The SMILES string of the molecule is C=C(SC(C)c1cnc(C)c(N(CCC)C(C)=O)c1)C(F)(F)F. The Balaban J connectivity index is 3.09. The van der Waals surface area contributed by atoms with Crippen molar-refractivity contribution in [2.24, 2.45) is 0 Å². The third kappa shape index (κ3) is 5.27. The van der Waals surface area contributed by atoms with E-state index in [1.807, 2.05) is 6.92 Å². The van der Waals surface area contributed by atoms with Crippen LogP contribution in [0.2, 0.25) is 0 Å². The van der Waals surface area contributed by atoms with Gasteiger partial charge in [-0.3, -0.25) is 9.78 Å². The number of carbonyl (C=O) groups excluding carboxylic acids is 1. The highest BCUT2D eigenvalue weighted by molar-refractivity contribution is 8.03. The first-order valence-corrected chi connectivity index (χ1v) is 8.13. The first kappa shape index (κ1) is 19.5. The molecule has 3 nitrogen and oxygen atoms in total. The van der Waals surface area contributed by atoms with Crippen LogP contribution < -0.4 is 4.90 Å². The lowest BCUT2D eigenvalue weighted by Gasteiger charge is -2.24. The minimum atomic E-state index is -4.42. The number of hydrogen-bond acceptors (Lipinski definition) is 3. The van der Waals surface area contributed by atoms with Crippen LogP contribution in [0.1, 0.15) is 43.7 Å². The van der Waals surface area contributed by atoms with Crippen molar-refractivity contribution in [1.82, 2.24) is 4.98 Å². The largest absolute Gasteiger partial charge is 0.421 e. The van der Waals surface area contributed by atoms with Gasteiger partial charge in [0.2, 0.25) is 5.91 Å². The minimum absolute atomic E-state index is 0.117. The fraction of sp³-hybridized carbons (Fsp3) is 0.500. The van der Waals surface area contributed by atoms with Crippen LogP contribution in [0.4, 0.5) is 18.9 Å². The number of halogens is 3. The second-order valence-electron chi connectivity index (χ2n) is 5.22. The Labute approximate surface area is 139 Å². The van der Waals surface area contributed by atoms with Gasteiger partial charge < -0.3 is 4.90 Å². The first-order chi connectivity index (χ1) is 10.6. The van der Waals surface area contributed by atoms with Crippen molar-refractivity contribution in [3.63, 3.8) is 0 Å². The topological polar surface area (TPSA) is 33.2 Å². The van der Waals surface area contributed by atoms with Crippen molar-refractivity contribution in [2.75, 3.05) is 11.4 Å². The van der Waals surface area contributed by atoms with E-state index in [0.29, 0.717) is 35.3 Å². The van der Waals surface area contributed by atoms with Crippen LogP contribution in [-0.2, 0) is 4.79 Å². The number of pyridine rings is 1. The molecule has 0 bridgehead atoms. The molecule has 0 N–H and O–H groups in total. The molecule has 0 saturated carbocycles. The van der Waals surface area contributed by atoms with Crippen LogP contribution >= 0.6 is 11.8 Å². The molecule has 0 aliphatic heterocycles. The molecule has 0 aliphatic carbocycles. The van der Waals surface area contributed by atoms with Gasteiger partial charge in [0.1, 0.15) is 0 Å². The summed E-state index contributed by atoms with van der Waals surface area (Å²) in [4.78, 5) is 16.8. The molecule has 0 aliphatic rings. The van der Waals surface area contributed by atoms with E-state index in [4.69, 9.17) is 0 Å². The summed E-state index contributed by atoms with van der Waals surface area (Å²) in [7, 11) is 0. The molecule has 1 aromatic rings. The number of carbonyl (C=O) groups is 1. The summed E-state index contributed by atoms with van der Waals surface area (Å²) in [6.07, 6.45) is -2.10. The zero-order valence-electron chi connectivity index (χ0n) is 13.7. The van der Waals surface area contributed by atoms with Crippen molar-refractivity contribution in [1.29, 1.82) is 0 Å². The van der Waals surface area contributed by atoms with Crippen LogP contribution in [0.25, 0.3) is 0 Å². The fourth-order valence-electron chi connectivity index (χ4n) is 2.05. The lowest BCUT2D eigenvalue weighted by Crippen LogP contribution is -2.30. The van der Waals surface area contributed by atoms with E-state index in [1.54, 1.807) is 31.0 Å². The van der Waals surface area contributed by atoms with E-state index in [-0.39, 0.29) is 5.91 Å². The lowest BCUT2D eigenvalue weighted by atomic mass is 10.1. The number of thioether (sulfide) groups is 1. The fourth-order valence-corrected chi connectivity index (χ4v) is 2.88. The second kappa shape index (κ2) is 7.86. The second-order valence-corrected chi connectivity index (χ2v) is 6.66. The smallest absolute Gasteiger partial charge is 0.311 e. The zero-order valence-corrected chi connectivity index (χ0v) is 14.5. The van der Waals surface area contributed by atoms with Gasteiger partial charge in [-0.05, 0) is 31.9 Å². The van der Waals surface area contributed by atoms with E-state index >= 15 is 0 Å². The quantitative estimate of drug-likeness (QED) is 0.725. The molecule has 23 heavy (non-hydrogen) atoms. The van der Waals surface area contributed by atoms with Crippen LogP contribution in [0.15, 0.2) is 23.7 Å². The molecular formula is C16H21F3N2OS. The van der Waals surface area contributed by atoms with Gasteiger partial charge in [-0.1, -0.05) is 13.5 Å². The molecule has 1 amide bonds. The van der Waals surface area contributed by atoms with E-state index in [1.165, 1.54) is 6.92 Å². The van der Waals surface area contributed by atoms with Crippen molar-refractivity contribution in [2.45, 2.75) is 45.5 Å². The van der Waals surface area contributed by atoms with Crippen molar-refractivity contribution < 1.29 is 18.0 Å². The van der Waals surface area contributed by atoms with Crippen LogP contribution in [0, 0.1) is 6.92 Å². The predicted molar refractivity (Wildman–Crippen MR) is 88.5 cm³/mol. The summed E-state index contributed by atoms with van der Waals surface area (Å²) in [6.45, 7) is 10.5. The normalized spacial score (nSPS) is 12.8. The Morgan fingerprint density at radius 1 is 1.48 bits per heavy atom. The highest BCUT2D eigenvalue weighted by Crippen LogP contribution is 2.42. The number of aromatic nitrogens is 1. The number of allylic oxidation sites excluding steroid dienone is 1. The summed E-state index contributed by atoms with van der Waals surface area (Å²) in [6, 6.07) is 1.74. The number of hydrogen-bond donors (Lipinski definition) is 0. The Hall–Kier alpha value is -1.50. The molecule has 0 aromatic carbocycles. The molecule has 0 saturated heterocycles. The Bertz CT molecular complexity index is 587. The molecule has 0 radical (unpaired) electrons. The standard InChI is InChI=1S/C16H21F3N2OS/c1-6-7-21(13(5)22)15-8-14(9-20-10(15)2)11(3)23-12(4)16(17,18)19/h8-9,11H,4,6-7H2,1-3,5H3. The molecule has 7 heteroatoms. The maximum Gasteiger partial charge on any atom is 0.421 e. The van der Waals surface area contributed by atoms with Crippen LogP contribution in [-0.4, -0.2) is 23.6 Å². The minimum Gasteiger partial charge on any atom is -0.311 e. The molecule has 1 atom stereocenters. The Kier molecular flexibility index (Phi) is 6.68.